The Labute approximate surface area is 130 Å². The minimum absolute atomic E-state index is 0.00293. The van der Waals surface area contributed by atoms with Gasteiger partial charge in [0.15, 0.2) is 5.82 Å². The van der Waals surface area contributed by atoms with Crippen molar-refractivity contribution in [2.45, 2.75) is 39.7 Å². The predicted molar refractivity (Wildman–Crippen MR) is 84.4 cm³/mol. The first-order valence-corrected chi connectivity index (χ1v) is 7.56. The lowest BCUT2D eigenvalue weighted by atomic mass is 10.2. The SMILES string of the molecule is CCNCc1cccc(NC(=O)CCCc2nc(C)no2)c1. The fraction of sp³-hybridized carbons (Fsp3) is 0.438. The second-order valence-corrected chi connectivity index (χ2v) is 5.12. The third-order valence-corrected chi connectivity index (χ3v) is 3.15. The molecule has 0 aliphatic carbocycles. The lowest BCUT2D eigenvalue weighted by Crippen LogP contribution is -2.14. The number of nitrogens with zero attached hydrogens (tertiary/aromatic N) is 2. The van der Waals surface area contributed by atoms with Gasteiger partial charge in [-0.1, -0.05) is 24.2 Å². The summed E-state index contributed by atoms with van der Waals surface area (Å²) in [6, 6.07) is 7.87. The van der Waals surface area contributed by atoms with Gasteiger partial charge in [-0.2, -0.15) is 4.98 Å². The predicted octanol–water partition coefficient (Wildman–Crippen LogP) is 2.45. The topological polar surface area (TPSA) is 80.0 Å². The number of aromatic nitrogens is 2. The summed E-state index contributed by atoms with van der Waals surface area (Å²) in [5.41, 5.74) is 1.98. The van der Waals surface area contributed by atoms with Crippen LogP contribution < -0.4 is 10.6 Å². The lowest BCUT2D eigenvalue weighted by Gasteiger charge is -2.07. The smallest absolute Gasteiger partial charge is 0.226 e. The van der Waals surface area contributed by atoms with Gasteiger partial charge in [0, 0.05) is 25.1 Å². The van der Waals surface area contributed by atoms with Crippen molar-refractivity contribution in [2.24, 2.45) is 0 Å². The van der Waals surface area contributed by atoms with Crippen LogP contribution in [0.25, 0.3) is 0 Å². The van der Waals surface area contributed by atoms with Gasteiger partial charge in [-0.15, -0.1) is 0 Å². The van der Waals surface area contributed by atoms with E-state index < -0.39 is 0 Å². The van der Waals surface area contributed by atoms with Gasteiger partial charge in [0.05, 0.1) is 0 Å². The Bertz CT molecular complexity index is 610. The molecule has 1 aromatic heterocycles. The van der Waals surface area contributed by atoms with Crippen LogP contribution in [0.3, 0.4) is 0 Å². The van der Waals surface area contributed by atoms with Gasteiger partial charge < -0.3 is 15.2 Å². The Balaban J connectivity index is 1.76. The third-order valence-electron chi connectivity index (χ3n) is 3.15. The van der Waals surface area contributed by atoms with Crippen LogP contribution in [0.1, 0.15) is 37.0 Å². The molecule has 0 bridgehead atoms. The molecule has 6 nitrogen and oxygen atoms in total. The van der Waals surface area contributed by atoms with E-state index in [1.54, 1.807) is 6.92 Å². The summed E-state index contributed by atoms with van der Waals surface area (Å²) in [7, 11) is 0. The van der Waals surface area contributed by atoms with Crippen LogP contribution >= 0.6 is 0 Å². The van der Waals surface area contributed by atoms with Crippen molar-refractivity contribution < 1.29 is 9.32 Å². The molecule has 0 aliphatic rings. The zero-order chi connectivity index (χ0) is 15.8. The van der Waals surface area contributed by atoms with Gasteiger partial charge >= 0.3 is 0 Å². The molecule has 6 heteroatoms. The van der Waals surface area contributed by atoms with Crippen molar-refractivity contribution in [1.29, 1.82) is 0 Å². The first-order chi connectivity index (χ1) is 10.7. The molecule has 22 heavy (non-hydrogen) atoms. The number of hydrogen-bond acceptors (Lipinski definition) is 5. The van der Waals surface area contributed by atoms with E-state index in [-0.39, 0.29) is 5.91 Å². The Morgan fingerprint density at radius 1 is 1.36 bits per heavy atom. The van der Waals surface area contributed by atoms with Crippen molar-refractivity contribution in [3.63, 3.8) is 0 Å². The van der Waals surface area contributed by atoms with Crippen LogP contribution in [0, 0.1) is 6.92 Å². The average molecular weight is 302 g/mol. The fourth-order valence-corrected chi connectivity index (χ4v) is 2.09. The largest absolute Gasteiger partial charge is 0.339 e. The van der Waals surface area contributed by atoms with E-state index >= 15 is 0 Å². The third kappa shape index (κ3) is 5.29. The molecule has 118 valence electrons. The van der Waals surface area contributed by atoms with E-state index in [4.69, 9.17) is 4.52 Å². The van der Waals surface area contributed by atoms with Gasteiger partial charge in [0.25, 0.3) is 0 Å². The summed E-state index contributed by atoms with van der Waals surface area (Å²) in [4.78, 5) is 16.1. The minimum Gasteiger partial charge on any atom is -0.339 e. The number of hydrogen-bond donors (Lipinski definition) is 2. The quantitative estimate of drug-likeness (QED) is 0.783. The molecule has 1 heterocycles. The second-order valence-electron chi connectivity index (χ2n) is 5.12. The Hall–Kier alpha value is -2.21. The average Bonchev–Trinajstić information content (AvgIpc) is 2.91. The van der Waals surface area contributed by atoms with Crippen molar-refractivity contribution in [2.75, 3.05) is 11.9 Å². The molecule has 0 unspecified atom stereocenters. The Kier molecular flexibility index (Phi) is 6.09. The van der Waals surface area contributed by atoms with E-state index in [0.717, 1.165) is 24.3 Å². The van der Waals surface area contributed by atoms with Crippen LogP contribution in [0.4, 0.5) is 5.69 Å². The van der Waals surface area contributed by atoms with E-state index in [2.05, 4.69) is 27.7 Å². The van der Waals surface area contributed by atoms with Gasteiger partial charge in [0.1, 0.15) is 0 Å². The highest BCUT2D eigenvalue weighted by atomic mass is 16.5. The van der Waals surface area contributed by atoms with E-state index in [9.17, 15) is 4.79 Å². The van der Waals surface area contributed by atoms with Gasteiger partial charge in [-0.05, 0) is 37.6 Å². The molecule has 0 spiro atoms. The fourth-order valence-electron chi connectivity index (χ4n) is 2.09. The van der Waals surface area contributed by atoms with Crippen molar-refractivity contribution in [3.05, 3.63) is 41.5 Å². The minimum atomic E-state index is -0.00293. The van der Waals surface area contributed by atoms with Crippen molar-refractivity contribution in [1.82, 2.24) is 15.5 Å². The number of carbonyl (C=O) groups excluding carboxylic acids is 1. The standard InChI is InChI=1S/C16H22N4O2/c1-3-17-11-13-6-4-7-14(10-13)19-15(21)8-5-9-16-18-12(2)20-22-16/h4,6-7,10,17H,3,5,8-9,11H2,1-2H3,(H,19,21). The van der Waals surface area contributed by atoms with Gasteiger partial charge in [-0.3, -0.25) is 4.79 Å². The Morgan fingerprint density at radius 2 is 2.23 bits per heavy atom. The summed E-state index contributed by atoms with van der Waals surface area (Å²) in [6.45, 7) is 5.57. The van der Waals surface area contributed by atoms with Crippen molar-refractivity contribution in [3.8, 4) is 0 Å². The number of nitrogens with one attached hydrogen (secondary N) is 2. The van der Waals surface area contributed by atoms with E-state index in [1.807, 2.05) is 24.3 Å². The van der Waals surface area contributed by atoms with Gasteiger partial charge in [0.2, 0.25) is 11.8 Å². The number of anilines is 1. The molecular weight excluding hydrogens is 280 g/mol. The molecule has 0 fully saturated rings. The van der Waals surface area contributed by atoms with Crippen LogP contribution in [-0.2, 0) is 17.8 Å². The van der Waals surface area contributed by atoms with Crippen LogP contribution in [0.5, 0.6) is 0 Å². The molecule has 0 saturated carbocycles. The van der Waals surface area contributed by atoms with E-state index in [0.29, 0.717) is 31.0 Å². The molecule has 1 aromatic carbocycles. The maximum Gasteiger partial charge on any atom is 0.226 e. The van der Waals surface area contributed by atoms with Crippen LogP contribution in [-0.4, -0.2) is 22.6 Å². The molecule has 0 atom stereocenters. The highest BCUT2D eigenvalue weighted by molar-refractivity contribution is 5.90. The van der Waals surface area contributed by atoms with E-state index in [1.165, 1.54) is 0 Å². The molecule has 2 rings (SSSR count). The molecule has 2 N–H and O–H groups in total. The van der Waals surface area contributed by atoms with Gasteiger partial charge in [-0.25, -0.2) is 0 Å². The lowest BCUT2D eigenvalue weighted by molar-refractivity contribution is -0.116. The summed E-state index contributed by atoms with van der Waals surface area (Å²) >= 11 is 0. The van der Waals surface area contributed by atoms with Crippen LogP contribution in [0.2, 0.25) is 0 Å². The first-order valence-electron chi connectivity index (χ1n) is 7.56. The van der Waals surface area contributed by atoms with Crippen LogP contribution in [0.15, 0.2) is 28.8 Å². The molecule has 0 saturated heterocycles. The summed E-state index contributed by atoms with van der Waals surface area (Å²) in [5.74, 6) is 1.20. The monoisotopic (exact) mass is 302 g/mol. The second kappa shape index (κ2) is 8.29. The summed E-state index contributed by atoms with van der Waals surface area (Å²) in [6.07, 6.45) is 1.73. The maximum absolute atomic E-state index is 11.9. The molecule has 0 aliphatic heterocycles. The Morgan fingerprint density at radius 3 is 2.95 bits per heavy atom. The number of benzene rings is 1. The number of rotatable bonds is 8. The molecular formula is C16H22N4O2. The highest BCUT2D eigenvalue weighted by Gasteiger charge is 2.06. The zero-order valence-electron chi connectivity index (χ0n) is 13.1. The molecule has 1 amide bonds. The maximum atomic E-state index is 11.9. The molecule has 0 radical (unpaired) electrons. The summed E-state index contributed by atoms with van der Waals surface area (Å²) in [5, 5.41) is 9.90. The highest BCUT2D eigenvalue weighted by Crippen LogP contribution is 2.12. The van der Waals surface area contributed by atoms with Crippen molar-refractivity contribution >= 4 is 11.6 Å². The zero-order valence-corrected chi connectivity index (χ0v) is 13.1. The number of amides is 1. The first kappa shape index (κ1) is 16.2. The normalized spacial score (nSPS) is 10.6. The molecule has 2 aromatic rings. The summed E-state index contributed by atoms with van der Waals surface area (Å²) < 4.78 is 5.02. The number of aryl methyl sites for hydroxylation is 2. The number of carbonyl (C=O) groups is 1.